The summed E-state index contributed by atoms with van der Waals surface area (Å²) in [7, 11) is 0. The summed E-state index contributed by atoms with van der Waals surface area (Å²) < 4.78 is 10.3. The third kappa shape index (κ3) is 3.97. The van der Waals surface area contributed by atoms with Crippen LogP contribution in [0.15, 0.2) is 23.0 Å². The lowest BCUT2D eigenvalue weighted by Crippen LogP contribution is -2.50. The minimum Gasteiger partial charge on any atom is -0.381 e. The fourth-order valence-corrected chi connectivity index (χ4v) is 3.81. The summed E-state index contributed by atoms with van der Waals surface area (Å²) in [5.74, 6) is 0.577. The molecule has 1 aliphatic heterocycles. The zero-order valence-electron chi connectivity index (χ0n) is 13.2. The summed E-state index contributed by atoms with van der Waals surface area (Å²) in [4.78, 5) is 19.2. The highest BCUT2D eigenvalue weighted by molar-refractivity contribution is 7.11. The van der Waals surface area contributed by atoms with Crippen molar-refractivity contribution in [2.45, 2.75) is 44.6 Å². The van der Waals surface area contributed by atoms with Crippen molar-refractivity contribution in [1.29, 1.82) is 0 Å². The number of aromatic nitrogens is 2. The van der Waals surface area contributed by atoms with Gasteiger partial charge in [0, 0.05) is 42.2 Å². The van der Waals surface area contributed by atoms with Gasteiger partial charge in [-0.15, -0.1) is 11.3 Å². The Morgan fingerprint density at radius 1 is 1.39 bits per heavy atom. The van der Waals surface area contributed by atoms with Crippen molar-refractivity contribution in [2.24, 2.45) is 0 Å². The van der Waals surface area contributed by atoms with Gasteiger partial charge in [0.1, 0.15) is 5.54 Å². The fraction of sp³-hybridized carbons (Fsp3) is 0.562. The van der Waals surface area contributed by atoms with E-state index in [9.17, 15) is 4.79 Å². The first-order valence-corrected chi connectivity index (χ1v) is 8.70. The molecular weight excluding hydrogens is 314 g/mol. The average Bonchev–Trinajstić information content (AvgIpc) is 3.20. The van der Waals surface area contributed by atoms with Gasteiger partial charge in [-0.25, -0.2) is 0 Å². The van der Waals surface area contributed by atoms with E-state index in [1.54, 1.807) is 11.3 Å². The highest BCUT2D eigenvalue weighted by atomic mass is 32.1. The fourth-order valence-electron chi connectivity index (χ4n) is 2.88. The molecule has 0 atom stereocenters. The van der Waals surface area contributed by atoms with Crippen LogP contribution in [0.4, 0.5) is 0 Å². The molecule has 0 aliphatic carbocycles. The van der Waals surface area contributed by atoms with Gasteiger partial charge in [-0.3, -0.25) is 4.79 Å². The number of hydrogen-bond acceptors (Lipinski definition) is 6. The van der Waals surface area contributed by atoms with Gasteiger partial charge < -0.3 is 14.6 Å². The van der Waals surface area contributed by atoms with Gasteiger partial charge in [-0.1, -0.05) is 5.16 Å². The second-order valence-electron chi connectivity index (χ2n) is 5.86. The molecule has 1 fully saturated rings. The molecule has 7 heteroatoms. The monoisotopic (exact) mass is 335 g/mol. The van der Waals surface area contributed by atoms with Crippen molar-refractivity contribution < 1.29 is 14.1 Å². The van der Waals surface area contributed by atoms with Crippen molar-refractivity contribution in [3.8, 4) is 0 Å². The van der Waals surface area contributed by atoms with E-state index in [1.165, 1.54) is 16.1 Å². The second-order valence-corrected chi connectivity index (χ2v) is 7.24. The molecule has 1 amide bonds. The van der Waals surface area contributed by atoms with E-state index in [0.29, 0.717) is 38.3 Å². The smallest absolute Gasteiger partial charge is 0.220 e. The molecule has 3 rings (SSSR count). The van der Waals surface area contributed by atoms with Crippen molar-refractivity contribution in [3.63, 3.8) is 0 Å². The third-order valence-electron chi connectivity index (χ3n) is 4.14. The number of aryl methyl sites for hydroxylation is 2. The molecule has 0 aromatic carbocycles. The van der Waals surface area contributed by atoms with Crippen LogP contribution in [0.3, 0.4) is 0 Å². The van der Waals surface area contributed by atoms with E-state index in [2.05, 4.69) is 34.5 Å². The summed E-state index contributed by atoms with van der Waals surface area (Å²) >= 11 is 1.79. The molecule has 0 unspecified atom stereocenters. The summed E-state index contributed by atoms with van der Waals surface area (Å²) in [6, 6.07) is 4.25. The minimum absolute atomic E-state index is 0.0324. The standard InChI is InChI=1S/C16H21N3O3S/c1-12-5-6-13(23-12)3-2-4-14(20)18-16(7-9-21-10-8-16)15-17-11-22-19-15/h5-6,11H,2-4,7-10H2,1H3,(H,18,20). The van der Waals surface area contributed by atoms with E-state index in [4.69, 9.17) is 9.26 Å². The minimum atomic E-state index is -0.554. The largest absolute Gasteiger partial charge is 0.381 e. The lowest BCUT2D eigenvalue weighted by atomic mass is 9.89. The predicted molar refractivity (Wildman–Crippen MR) is 86.2 cm³/mol. The number of rotatable bonds is 6. The van der Waals surface area contributed by atoms with E-state index >= 15 is 0 Å². The molecule has 0 radical (unpaired) electrons. The second kappa shape index (κ2) is 7.23. The van der Waals surface area contributed by atoms with Crippen molar-refractivity contribution >= 4 is 17.2 Å². The highest BCUT2D eigenvalue weighted by Gasteiger charge is 2.39. The Bertz CT molecular complexity index is 633. The first-order chi connectivity index (χ1) is 11.2. The Balaban J connectivity index is 1.56. The highest BCUT2D eigenvalue weighted by Crippen LogP contribution is 2.30. The van der Waals surface area contributed by atoms with E-state index in [0.717, 1.165) is 12.8 Å². The van der Waals surface area contributed by atoms with Crippen LogP contribution in [0.5, 0.6) is 0 Å². The van der Waals surface area contributed by atoms with Crippen LogP contribution in [0.1, 0.15) is 41.3 Å². The zero-order valence-corrected chi connectivity index (χ0v) is 14.0. The SMILES string of the molecule is Cc1ccc(CCCC(=O)NC2(c3ncon3)CCOCC2)s1. The number of carbonyl (C=O) groups excluding carboxylic acids is 1. The molecule has 1 N–H and O–H groups in total. The molecule has 124 valence electrons. The molecule has 1 saturated heterocycles. The summed E-state index contributed by atoms with van der Waals surface area (Å²) in [5.41, 5.74) is -0.554. The summed E-state index contributed by atoms with van der Waals surface area (Å²) in [5, 5.41) is 7.07. The third-order valence-corrected chi connectivity index (χ3v) is 5.20. The quantitative estimate of drug-likeness (QED) is 0.878. The number of hydrogen-bond donors (Lipinski definition) is 1. The van der Waals surface area contributed by atoms with Crippen LogP contribution in [-0.4, -0.2) is 29.3 Å². The lowest BCUT2D eigenvalue weighted by molar-refractivity contribution is -0.124. The number of carbonyl (C=O) groups is 1. The van der Waals surface area contributed by atoms with Gasteiger partial charge in [0.05, 0.1) is 0 Å². The molecule has 2 aromatic heterocycles. The van der Waals surface area contributed by atoms with Crippen molar-refractivity contribution in [3.05, 3.63) is 34.1 Å². The summed E-state index contributed by atoms with van der Waals surface area (Å²) in [6.07, 6.45) is 4.91. The van der Waals surface area contributed by atoms with Gasteiger partial charge in [0.15, 0.2) is 5.82 Å². The molecule has 6 nitrogen and oxygen atoms in total. The Hall–Kier alpha value is -1.73. The van der Waals surface area contributed by atoms with Crippen LogP contribution in [0, 0.1) is 6.92 Å². The Kier molecular flexibility index (Phi) is 5.07. The van der Waals surface area contributed by atoms with Crippen LogP contribution in [-0.2, 0) is 21.5 Å². The molecule has 0 saturated carbocycles. The van der Waals surface area contributed by atoms with Gasteiger partial charge in [0.25, 0.3) is 0 Å². The number of thiophene rings is 1. The van der Waals surface area contributed by atoms with Crippen LogP contribution in [0.25, 0.3) is 0 Å². The molecular formula is C16H21N3O3S. The lowest BCUT2D eigenvalue weighted by Gasteiger charge is -2.35. The topological polar surface area (TPSA) is 77.3 Å². The Morgan fingerprint density at radius 3 is 2.87 bits per heavy atom. The van der Waals surface area contributed by atoms with E-state index in [1.807, 2.05) is 0 Å². The molecule has 23 heavy (non-hydrogen) atoms. The van der Waals surface area contributed by atoms with Crippen LogP contribution in [0.2, 0.25) is 0 Å². The maximum Gasteiger partial charge on any atom is 0.220 e. The van der Waals surface area contributed by atoms with E-state index < -0.39 is 5.54 Å². The number of nitrogens with one attached hydrogen (secondary N) is 1. The first kappa shape index (κ1) is 16.1. The maximum atomic E-state index is 12.4. The van der Waals surface area contributed by atoms with Gasteiger partial charge in [-0.05, 0) is 31.9 Å². The summed E-state index contributed by atoms with van der Waals surface area (Å²) in [6.45, 7) is 3.27. The van der Waals surface area contributed by atoms with E-state index in [-0.39, 0.29) is 5.91 Å². The maximum absolute atomic E-state index is 12.4. The normalized spacial score (nSPS) is 17.1. The molecule has 2 aromatic rings. The number of amides is 1. The molecule has 0 spiro atoms. The van der Waals surface area contributed by atoms with Crippen LogP contribution < -0.4 is 5.32 Å². The van der Waals surface area contributed by atoms with Gasteiger partial charge in [0.2, 0.25) is 12.3 Å². The Morgan fingerprint density at radius 2 is 2.22 bits per heavy atom. The van der Waals surface area contributed by atoms with Gasteiger partial charge >= 0.3 is 0 Å². The number of nitrogens with zero attached hydrogens (tertiary/aromatic N) is 2. The van der Waals surface area contributed by atoms with Crippen molar-refractivity contribution in [1.82, 2.24) is 15.5 Å². The first-order valence-electron chi connectivity index (χ1n) is 7.89. The zero-order chi connectivity index (χ0) is 16.1. The van der Waals surface area contributed by atoms with Crippen molar-refractivity contribution in [2.75, 3.05) is 13.2 Å². The number of ether oxygens (including phenoxy) is 1. The molecule has 3 heterocycles. The average molecular weight is 335 g/mol. The molecule has 1 aliphatic rings. The Labute approximate surface area is 139 Å². The predicted octanol–water partition coefficient (Wildman–Crippen LogP) is 2.58. The molecule has 0 bridgehead atoms. The van der Waals surface area contributed by atoms with Crippen LogP contribution >= 0.6 is 11.3 Å². The van der Waals surface area contributed by atoms with Gasteiger partial charge in [-0.2, -0.15) is 4.98 Å².